The molecular weight excluding hydrogens is 370 g/mol. The number of halogens is 1. The largest absolute Gasteiger partial charge is 0.342 e. The van der Waals surface area contributed by atoms with Crippen LogP contribution >= 0.6 is 15.9 Å². The van der Waals surface area contributed by atoms with Gasteiger partial charge in [0.05, 0.1) is 0 Å². The van der Waals surface area contributed by atoms with E-state index >= 15 is 0 Å². The summed E-state index contributed by atoms with van der Waals surface area (Å²) in [5.41, 5.74) is 6.85. The van der Waals surface area contributed by atoms with Crippen LogP contribution in [0.15, 0.2) is 28.7 Å². The lowest BCUT2D eigenvalue weighted by atomic mass is 9.91. The zero-order valence-electron chi connectivity index (χ0n) is 14.0. The van der Waals surface area contributed by atoms with E-state index in [0.29, 0.717) is 25.4 Å². The summed E-state index contributed by atoms with van der Waals surface area (Å²) in [6.07, 6.45) is 2.61. The van der Waals surface area contributed by atoms with Gasteiger partial charge in [-0.25, -0.2) is 0 Å². The maximum absolute atomic E-state index is 12.9. The Morgan fingerprint density at radius 1 is 1.33 bits per heavy atom. The van der Waals surface area contributed by atoms with Gasteiger partial charge < -0.3 is 15.5 Å². The van der Waals surface area contributed by atoms with Crippen molar-refractivity contribution in [2.45, 2.75) is 32.2 Å². The molecule has 0 bridgehead atoms. The number of rotatable bonds is 3. The fourth-order valence-electron chi connectivity index (χ4n) is 3.67. The summed E-state index contributed by atoms with van der Waals surface area (Å²) in [5, 5.41) is 0. The van der Waals surface area contributed by atoms with Crippen molar-refractivity contribution in [3.8, 4) is 0 Å². The van der Waals surface area contributed by atoms with Crippen LogP contribution in [-0.2, 0) is 9.59 Å². The van der Waals surface area contributed by atoms with Gasteiger partial charge >= 0.3 is 0 Å². The molecular formula is C18H24BrN3O2. The lowest BCUT2D eigenvalue weighted by Gasteiger charge is -2.35. The smallest absolute Gasteiger partial charge is 0.239 e. The Kier molecular flexibility index (Phi) is 5.25. The highest BCUT2D eigenvalue weighted by molar-refractivity contribution is 9.10. The lowest BCUT2D eigenvalue weighted by molar-refractivity contribution is -0.141. The standard InChI is InChI=1S/C18H24BrN3O2/c1-12(20)13-4-3-8-21(11-13)17(23)16-7-9-22(18(16)24)15-6-2-5-14(19)10-15/h2,5-6,10,12-13,16H,3-4,7-9,11,20H2,1H3/t12-,13-,16+/m0/s1. The molecule has 130 valence electrons. The number of hydrogen-bond donors (Lipinski definition) is 1. The quantitative estimate of drug-likeness (QED) is 0.801. The molecule has 2 N–H and O–H groups in total. The minimum atomic E-state index is -0.546. The predicted molar refractivity (Wildman–Crippen MR) is 97.6 cm³/mol. The highest BCUT2D eigenvalue weighted by Gasteiger charge is 2.40. The molecule has 2 heterocycles. The number of anilines is 1. The van der Waals surface area contributed by atoms with Crippen LogP contribution in [0, 0.1) is 11.8 Å². The molecule has 3 atom stereocenters. The maximum atomic E-state index is 12.9. The Morgan fingerprint density at radius 2 is 2.12 bits per heavy atom. The number of carbonyl (C=O) groups excluding carboxylic acids is 2. The Morgan fingerprint density at radius 3 is 2.83 bits per heavy atom. The average Bonchev–Trinajstić information content (AvgIpc) is 2.96. The molecule has 1 aromatic rings. The first-order chi connectivity index (χ1) is 11.5. The summed E-state index contributed by atoms with van der Waals surface area (Å²) < 4.78 is 0.929. The second-order valence-corrected chi connectivity index (χ2v) is 7.77. The third kappa shape index (κ3) is 3.49. The van der Waals surface area contributed by atoms with E-state index < -0.39 is 5.92 Å². The zero-order chi connectivity index (χ0) is 17.3. The van der Waals surface area contributed by atoms with E-state index in [4.69, 9.17) is 5.73 Å². The zero-order valence-corrected chi connectivity index (χ0v) is 15.5. The first kappa shape index (κ1) is 17.4. The summed E-state index contributed by atoms with van der Waals surface area (Å²) in [4.78, 5) is 29.2. The van der Waals surface area contributed by atoms with Gasteiger partial charge in [0.1, 0.15) is 5.92 Å². The molecule has 2 saturated heterocycles. The van der Waals surface area contributed by atoms with Gasteiger partial charge in [-0.05, 0) is 50.3 Å². The van der Waals surface area contributed by atoms with E-state index in [1.165, 1.54) is 0 Å². The van der Waals surface area contributed by atoms with Crippen molar-refractivity contribution in [3.63, 3.8) is 0 Å². The number of carbonyl (C=O) groups is 2. The van der Waals surface area contributed by atoms with Crippen LogP contribution in [0.4, 0.5) is 5.69 Å². The molecule has 0 aliphatic carbocycles. The first-order valence-electron chi connectivity index (χ1n) is 8.58. The number of amides is 2. The molecule has 0 unspecified atom stereocenters. The summed E-state index contributed by atoms with van der Waals surface area (Å²) in [6.45, 7) is 4.00. The molecule has 6 heteroatoms. The molecule has 24 heavy (non-hydrogen) atoms. The Bertz CT molecular complexity index is 634. The van der Waals surface area contributed by atoms with Gasteiger partial charge in [-0.3, -0.25) is 9.59 Å². The predicted octanol–water partition coefficient (Wildman–Crippen LogP) is 2.39. The maximum Gasteiger partial charge on any atom is 0.239 e. The molecule has 0 spiro atoms. The van der Waals surface area contributed by atoms with Crippen molar-refractivity contribution in [2.24, 2.45) is 17.6 Å². The molecule has 0 aromatic heterocycles. The van der Waals surface area contributed by atoms with E-state index in [9.17, 15) is 9.59 Å². The number of piperidine rings is 1. The van der Waals surface area contributed by atoms with E-state index in [-0.39, 0.29) is 17.9 Å². The minimum absolute atomic E-state index is 0.0251. The van der Waals surface area contributed by atoms with E-state index in [1.807, 2.05) is 36.1 Å². The van der Waals surface area contributed by atoms with Crippen molar-refractivity contribution in [2.75, 3.05) is 24.5 Å². The van der Waals surface area contributed by atoms with Crippen LogP contribution in [-0.4, -0.2) is 42.4 Å². The monoisotopic (exact) mass is 393 g/mol. The molecule has 2 amide bonds. The van der Waals surface area contributed by atoms with Crippen LogP contribution in [0.5, 0.6) is 0 Å². The molecule has 2 aliphatic heterocycles. The number of nitrogens with two attached hydrogens (primary N) is 1. The van der Waals surface area contributed by atoms with Crippen molar-refractivity contribution in [1.29, 1.82) is 0 Å². The van der Waals surface area contributed by atoms with E-state index in [1.54, 1.807) is 4.90 Å². The van der Waals surface area contributed by atoms with Gasteiger partial charge in [0.25, 0.3) is 0 Å². The highest BCUT2D eigenvalue weighted by atomic mass is 79.9. The van der Waals surface area contributed by atoms with Crippen LogP contribution in [0.1, 0.15) is 26.2 Å². The second kappa shape index (κ2) is 7.23. The molecule has 0 radical (unpaired) electrons. The van der Waals surface area contributed by atoms with Crippen LogP contribution in [0.2, 0.25) is 0 Å². The Labute approximate surface area is 151 Å². The summed E-state index contributed by atoms with van der Waals surface area (Å²) in [7, 11) is 0. The van der Waals surface area contributed by atoms with Gasteiger partial charge in [0.15, 0.2) is 0 Å². The van der Waals surface area contributed by atoms with Gasteiger partial charge in [0.2, 0.25) is 11.8 Å². The SMILES string of the molecule is C[C@H](N)[C@H]1CCCN(C(=O)[C@H]2CCN(c3cccc(Br)c3)C2=O)C1. The van der Waals surface area contributed by atoms with Crippen LogP contribution < -0.4 is 10.6 Å². The topological polar surface area (TPSA) is 66.6 Å². The van der Waals surface area contributed by atoms with Gasteiger partial charge in [-0.1, -0.05) is 22.0 Å². The third-order valence-corrected chi connectivity index (χ3v) is 5.63. The average molecular weight is 394 g/mol. The van der Waals surface area contributed by atoms with Crippen molar-refractivity contribution in [3.05, 3.63) is 28.7 Å². The van der Waals surface area contributed by atoms with Crippen molar-refractivity contribution < 1.29 is 9.59 Å². The van der Waals surface area contributed by atoms with Crippen molar-refractivity contribution in [1.82, 2.24) is 4.90 Å². The molecule has 2 aliphatic rings. The van der Waals surface area contributed by atoms with Gasteiger partial charge in [-0.15, -0.1) is 0 Å². The Balaban J connectivity index is 1.69. The van der Waals surface area contributed by atoms with Crippen molar-refractivity contribution >= 4 is 33.4 Å². The molecule has 0 saturated carbocycles. The van der Waals surface area contributed by atoms with Crippen LogP contribution in [0.3, 0.4) is 0 Å². The van der Waals surface area contributed by atoms with Gasteiger partial charge in [-0.2, -0.15) is 0 Å². The normalized spacial score (nSPS) is 25.9. The molecule has 5 nitrogen and oxygen atoms in total. The van der Waals surface area contributed by atoms with E-state index in [2.05, 4.69) is 15.9 Å². The summed E-state index contributed by atoms with van der Waals surface area (Å²) >= 11 is 3.43. The second-order valence-electron chi connectivity index (χ2n) is 6.86. The first-order valence-corrected chi connectivity index (χ1v) is 9.38. The van der Waals surface area contributed by atoms with E-state index in [0.717, 1.165) is 29.5 Å². The minimum Gasteiger partial charge on any atom is -0.342 e. The fraction of sp³-hybridized carbons (Fsp3) is 0.556. The number of nitrogens with zero attached hydrogens (tertiary/aromatic N) is 2. The fourth-order valence-corrected chi connectivity index (χ4v) is 4.06. The summed E-state index contributed by atoms with van der Waals surface area (Å²) in [5.74, 6) is -0.319. The number of likely N-dealkylation sites (tertiary alicyclic amines) is 1. The third-order valence-electron chi connectivity index (χ3n) is 5.14. The highest BCUT2D eigenvalue weighted by Crippen LogP contribution is 2.29. The number of hydrogen-bond acceptors (Lipinski definition) is 3. The van der Waals surface area contributed by atoms with Gasteiger partial charge in [0, 0.05) is 35.8 Å². The van der Waals surface area contributed by atoms with Crippen LogP contribution in [0.25, 0.3) is 0 Å². The molecule has 2 fully saturated rings. The lowest BCUT2D eigenvalue weighted by Crippen LogP contribution is -2.48. The number of benzene rings is 1. The summed E-state index contributed by atoms with van der Waals surface area (Å²) in [6, 6.07) is 7.73. The molecule has 1 aromatic carbocycles. The Hall–Kier alpha value is -1.40. The molecule has 3 rings (SSSR count).